The number of aromatic nitrogens is 1. The normalized spacial score (nSPS) is 24.8. The Hall–Kier alpha value is -1.65. The number of rotatable bonds is 4. The summed E-state index contributed by atoms with van der Waals surface area (Å²) in [4.78, 5) is 16.4. The first kappa shape index (κ1) is 17.7. The summed E-state index contributed by atoms with van der Waals surface area (Å²) < 4.78 is 2.16. The van der Waals surface area contributed by atoms with Gasteiger partial charge < -0.3 is 14.4 Å². The molecule has 0 bridgehead atoms. The van der Waals surface area contributed by atoms with Crippen LogP contribution in [0.25, 0.3) is 10.9 Å². The van der Waals surface area contributed by atoms with Gasteiger partial charge in [-0.3, -0.25) is 4.79 Å². The molecule has 2 aliphatic rings. The molecule has 4 rings (SSSR count). The molecular weight excluding hydrogens is 322 g/mol. The Kier molecular flexibility index (Phi) is 5.14. The molecule has 140 valence electrons. The van der Waals surface area contributed by atoms with Crippen LogP contribution in [0.3, 0.4) is 0 Å². The van der Waals surface area contributed by atoms with Crippen molar-refractivity contribution < 1.29 is 14.6 Å². The molecule has 0 spiro atoms. The van der Waals surface area contributed by atoms with Gasteiger partial charge in [0.05, 0.1) is 11.6 Å². The van der Waals surface area contributed by atoms with E-state index in [2.05, 4.69) is 36.7 Å². The van der Waals surface area contributed by atoms with Crippen LogP contribution in [-0.4, -0.2) is 49.1 Å². The summed E-state index contributed by atoms with van der Waals surface area (Å²) in [6.07, 6.45) is 7.10. The number of hydrogen-bond donors (Lipinski definition) is 2. The largest absolute Gasteiger partial charge is 0.347 e. The van der Waals surface area contributed by atoms with Gasteiger partial charge in [0.2, 0.25) is 5.78 Å². The Bertz CT molecular complexity index is 780. The van der Waals surface area contributed by atoms with E-state index in [4.69, 9.17) is 0 Å². The molecule has 4 heteroatoms. The Labute approximate surface area is 156 Å². The Morgan fingerprint density at radius 2 is 1.77 bits per heavy atom. The lowest BCUT2D eigenvalue weighted by Gasteiger charge is -2.36. The van der Waals surface area contributed by atoms with E-state index in [0.717, 1.165) is 41.3 Å². The van der Waals surface area contributed by atoms with Crippen LogP contribution in [0.2, 0.25) is 0 Å². The molecule has 2 heterocycles. The van der Waals surface area contributed by atoms with E-state index in [9.17, 15) is 4.79 Å². The SMILES string of the molecule is Cc1c(C(=O)C[NH+]2CC[NH+](C3CCCCC3)CC2)c2ccccc2n1C. The Morgan fingerprint density at radius 3 is 2.50 bits per heavy atom. The zero-order chi connectivity index (χ0) is 18.1. The molecule has 0 radical (unpaired) electrons. The minimum absolute atomic E-state index is 0.315. The van der Waals surface area contributed by atoms with Crippen molar-refractivity contribution >= 4 is 16.7 Å². The van der Waals surface area contributed by atoms with Crippen LogP contribution in [0, 0.1) is 6.92 Å². The molecule has 2 aromatic rings. The molecule has 1 aliphatic carbocycles. The number of para-hydroxylation sites is 1. The zero-order valence-electron chi connectivity index (χ0n) is 16.3. The zero-order valence-corrected chi connectivity index (χ0v) is 16.3. The maximum atomic E-state index is 13.1. The fourth-order valence-electron chi connectivity index (χ4n) is 5.21. The molecule has 0 amide bonds. The molecule has 0 unspecified atom stereocenters. The second kappa shape index (κ2) is 7.53. The maximum absolute atomic E-state index is 13.1. The Balaban J connectivity index is 1.41. The van der Waals surface area contributed by atoms with E-state index >= 15 is 0 Å². The molecule has 1 saturated heterocycles. The van der Waals surface area contributed by atoms with Gasteiger partial charge in [0.15, 0.2) is 0 Å². The van der Waals surface area contributed by atoms with Gasteiger partial charge in [0.25, 0.3) is 0 Å². The van der Waals surface area contributed by atoms with Gasteiger partial charge in [-0.15, -0.1) is 0 Å². The van der Waals surface area contributed by atoms with Crippen LogP contribution < -0.4 is 9.80 Å². The number of benzene rings is 1. The van der Waals surface area contributed by atoms with Crippen molar-refractivity contribution in [2.45, 2.75) is 45.1 Å². The molecule has 2 fully saturated rings. The number of carbonyl (C=O) groups is 1. The van der Waals surface area contributed by atoms with Crippen LogP contribution in [0.4, 0.5) is 0 Å². The molecule has 4 nitrogen and oxygen atoms in total. The monoisotopic (exact) mass is 355 g/mol. The third-order valence-electron chi connectivity index (χ3n) is 6.87. The van der Waals surface area contributed by atoms with Gasteiger partial charge in [-0.05, 0) is 38.7 Å². The minimum atomic E-state index is 0.315. The van der Waals surface area contributed by atoms with Crippen molar-refractivity contribution in [2.24, 2.45) is 7.05 Å². The number of ketones is 1. The third-order valence-corrected chi connectivity index (χ3v) is 6.87. The molecule has 26 heavy (non-hydrogen) atoms. The first-order valence-electron chi connectivity index (χ1n) is 10.4. The highest BCUT2D eigenvalue weighted by Crippen LogP contribution is 2.24. The van der Waals surface area contributed by atoms with Gasteiger partial charge in [-0.25, -0.2) is 0 Å². The first-order chi connectivity index (χ1) is 12.6. The number of aryl methyl sites for hydroxylation is 1. The van der Waals surface area contributed by atoms with Gasteiger partial charge in [-0.1, -0.05) is 24.6 Å². The highest BCUT2D eigenvalue weighted by atomic mass is 16.1. The van der Waals surface area contributed by atoms with Crippen molar-refractivity contribution in [1.82, 2.24) is 4.57 Å². The van der Waals surface area contributed by atoms with Crippen molar-refractivity contribution in [3.05, 3.63) is 35.5 Å². The van der Waals surface area contributed by atoms with Crippen LogP contribution in [-0.2, 0) is 7.05 Å². The summed E-state index contributed by atoms with van der Waals surface area (Å²) in [5, 5.41) is 1.11. The summed E-state index contributed by atoms with van der Waals surface area (Å²) in [5.41, 5.74) is 3.20. The second-order valence-corrected chi connectivity index (χ2v) is 8.38. The summed E-state index contributed by atoms with van der Waals surface area (Å²) >= 11 is 0. The van der Waals surface area contributed by atoms with E-state index < -0.39 is 0 Å². The highest BCUT2D eigenvalue weighted by Gasteiger charge is 2.32. The number of quaternary nitrogens is 2. The minimum Gasteiger partial charge on any atom is -0.347 e. The quantitative estimate of drug-likeness (QED) is 0.781. The van der Waals surface area contributed by atoms with Crippen molar-refractivity contribution in [2.75, 3.05) is 32.7 Å². The van der Waals surface area contributed by atoms with Crippen LogP contribution >= 0.6 is 0 Å². The number of Topliss-reactive ketones (excluding diaryl/α,β-unsaturated/α-hetero) is 1. The highest BCUT2D eigenvalue weighted by molar-refractivity contribution is 6.09. The number of piperazine rings is 1. The number of nitrogens with zero attached hydrogens (tertiary/aromatic N) is 1. The summed E-state index contributed by atoms with van der Waals surface area (Å²) in [6.45, 7) is 7.48. The van der Waals surface area contributed by atoms with Gasteiger partial charge in [-0.2, -0.15) is 0 Å². The summed E-state index contributed by atoms with van der Waals surface area (Å²) in [7, 11) is 2.06. The predicted molar refractivity (Wildman–Crippen MR) is 105 cm³/mol. The molecule has 0 atom stereocenters. The fourth-order valence-corrected chi connectivity index (χ4v) is 5.21. The lowest BCUT2D eigenvalue weighted by atomic mass is 9.94. The lowest BCUT2D eigenvalue weighted by molar-refractivity contribution is -1.02. The van der Waals surface area contributed by atoms with Gasteiger partial charge in [0, 0.05) is 23.6 Å². The molecule has 1 aliphatic heterocycles. The third kappa shape index (κ3) is 3.33. The number of fused-ring (bicyclic) bond motifs is 1. The Morgan fingerprint density at radius 1 is 1.08 bits per heavy atom. The summed E-state index contributed by atoms with van der Waals surface area (Å²) in [5.74, 6) is 0.315. The van der Waals surface area contributed by atoms with E-state index in [1.165, 1.54) is 50.1 Å². The van der Waals surface area contributed by atoms with Crippen LogP contribution in [0.5, 0.6) is 0 Å². The maximum Gasteiger partial charge on any atom is 0.219 e. The first-order valence-corrected chi connectivity index (χ1v) is 10.4. The molecular formula is C22H33N3O+2. The van der Waals surface area contributed by atoms with Crippen LogP contribution in [0.1, 0.15) is 48.2 Å². The van der Waals surface area contributed by atoms with Crippen molar-refractivity contribution in [3.63, 3.8) is 0 Å². The molecule has 1 aromatic carbocycles. The van der Waals surface area contributed by atoms with Gasteiger partial charge in [0.1, 0.15) is 32.7 Å². The number of nitrogens with one attached hydrogen (secondary N) is 2. The molecule has 1 aromatic heterocycles. The number of carbonyl (C=O) groups excluding carboxylic acids is 1. The van der Waals surface area contributed by atoms with Crippen molar-refractivity contribution in [3.8, 4) is 0 Å². The molecule has 2 N–H and O–H groups in total. The predicted octanol–water partition coefficient (Wildman–Crippen LogP) is 0.786. The van der Waals surface area contributed by atoms with E-state index in [1.54, 1.807) is 0 Å². The average Bonchev–Trinajstić information content (AvgIpc) is 2.94. The van der Waals surface area contributed by atoms with E-state index in [1.807, 2.05) is 11.0 Å². The fraction of sp³-hybridized carbons (Fsp3) is 0.591. The van der Waals surface area contributed by atoms with E-state index in [-0.39, 0.29) is 0 Å². The van der Waals surface area contributed by atoms with Crippen molar-refractivity contribution in [1.29, 1.82) is 0 Å². The topological polar surface area (TPSA) is 30.9 Å². The van der Waals surface area contributed by atoms with E-state index in [0.29, 0.717) is 12.3 Å². The standard InChI is InChI=1S/C22H31N3O/c1-17-22(19-10-6-7-11-20(19)23(17)2)21(26)16-24-12-14-25(15-13-24)18-8-4-3-5-9-18/h6-7,10-11,18H,3-5,8-9,12-16H2,1-2H3/p+2. The smallest absolute Gasteiger partial charge is 0.219 e. The second-order valence-electron chi connectivity index (χ2n) is 8.38. The number of hydrogen-bond acceptors (Lipinski definition) is 1. The van der Waals surface area contributed by atoms with Gasteiger partial charge >= 0.3 is 0 Å². The van der Waals surface area contributed by atoms with Crippen LogP contribution in [0.15, 0.2) is 24.3 Å². The average molecular weight is 356 g/mol. The lowest BCUT2D eigenvalue weighted by Crippen LogP contribution is -3.30. The summed E-state index contributed by atoms with van der Waals surface area (Å²) in [6, 6.07) is 9.18. The molecule has 1 saturated carbocycles.